The maximum Gasteiger partial charge on any atom is 0.255 e. The molecule has 1 N–H and O–H groups in total. The van der Waals surface area contributed by atoms with E-state index in [-0.39, 0.29) is 22.5 Å². The average molecular weight is 461 g/mol. The fraction of sp³-hybridized carbons (Fsp3) is 0.154. The van der Waals surface area contributed by atoms with E-state index in [1.807, 2.05) is 0 Å². The largest absolute Gasteiger partial charge is 0.497 e. The van der Waals surface area contributed by atoms with E-state index in [2.05, 4.69) is 5.32 Å². The number of hydrogen-bond donors (Lipinski definition) is 1. The van der Waals surface area contributed by atoms with Gasteiger partial charge < -0.3 is 28.7 Å². The van der Waals surface area contributed by atoms with Gasteiger partial charge in [0, 0.05) is 28.9 Å². The molecule has 0 aliphatic heterocycles. The van der Waals surface area contributed by atoms with Gasteiger partial charge >= 0.3 is 0 Å². The molecule has 0 unspecified atom stereocenters. The van der Waals surface area contributed by atoms with Gasteiger partial charge in [-0.3, -0.25) is 9.59 Å². The van der Waals surface area contributed by atoms with Gasteiger partial charge in [-0.2, -0.15) is 0 Å². The van der Waals surface area contributed by atoms with Crippen LogP contribution < -0.4 is 29.7 Å². The zero-order valence-electron chi connectivity index (χ0n) is 19.1. The monoisotopic (exact) mass is 461 g/mol. The Balaban J connectivity index is 1.66. The first kappa shape index (κ1) is 22.7. The summed E-state index contributed by atoms with van der Waals surface area (Å²) in [4.78, 5) is 25.5. The van der Waals surface area contributed by atoms with Crippen LogP contribution in [0.1, 0.15) is 10.4 Å². The maximum atomic E-state index is 12.9. The van der Waals surface area contributed by atoms with Gasteiger partial charge in [-0.15, -0.1) is 0 Å². The van der Waals surface area contributed by atoms with Crippen molar-refractivity contribution >= 4 is 22.6 Å². The van der Waals surface area contributed by atoms with Gasteiger partial charge in [0.2, 0.25) is 5.75 Å². The summed E-state index contributed by atoms with van der Waals surface area (Å²) in [6, 6.07) is 16.8. The van der Waals surface area contributed by atoms with Crippen molar-refractivity contribution in [2.75, 3.05) is 33.8 Å². The minimum Gasteiger partial charge on any atom is -0.497 e. The standard InChI is InChI=1S/C26H23NO7/c1-30-18-7-5-6-16(12-18)26(29)27-17-10-8-15(9-11-17)20-13-19(28)23-21(34-20)14-22(31-2)24(32-3)25(23)33-4/h5-14H,1-4H3,(H,27,29). The van der Waals surface area contributed by atoms with E-state index in [1.165, 1.54) is 27.4 Å². The topological polar surface area (TPSA) is 96.2 Å². The Hall–Kier alpha value is -4.46. The number of methoxy groups -OCH3 is 4. The van der Waals surface area contributed by atoms with Crippen LogP contribution in [0.2, 0.25) is 0 Å². The van der Waals surface area contributed by atoms with Crippen molar-refractivity contribution in [1.82, 2.24) is 0 Å². The SMILES string of the molecule is COc1cccc(C(=O)Nc2ccc(-c3cc(=O)c4c(OC)c(OC)c(OC)cc4o3)cc2)c1. The molecule has 4 aromatic rings. The van der Waals surface area contributed by atoms with E-state index in [9.17, 15) is 9.59 Å². The van der Waals surface area contributed by atoms with Crippen molar-refractivity contribution < 1.29 is 28.2 Å². The molecule has 0 aliphatic carbocycles. The summed E-state index contributed by atoms with van der Waals surface area (Å²) in [6.07, 6.45) is 0. The highest BCUT2D eigenvalue weighted by Crippen LogP contribution is 2.42. The molecular weight excluding hydrogens is 438 g/mol. The van der Waals surface area contributed by atoms with Crippen LogP contribution in [-0.4, -0.2) is 34.3 Å². The lowest BCUT2D eigenvalue weighted by atomic mass is 10.1. The third-order valence-corrected chi connectivity index (χ3v) is 5.28. The molecule has 34 heavy (non-hydrogen) atoms. The van der Waals surface area contributed by atoms with Crippen molar-refractivity contribution in [2.45, 2.75) is 0 Å². The number of carbonyl (C=O) groups is 1. The second-order valence-corrected chi connectivity index (χ2v) is 7.26. The van der Waals surface area contributed by atoms with Crippen LogP contribution in [0.3, 0.4) is 0 Å². The van der Waals surface area contributed by atoms with Crippen LogP contribution in [0.5, 0.6) is 23.0 Å². The molecule has 1 aromatic heterocycles. The molecule has 4 rings (SSSR count). The summed E-state index contributed by atoms with van der Waals surface area (Å²) in [7, 11) is 5.95. The van der Waals surface area contributed by atoms with E-state index >= 15 is 0 Å². The molecule has 0 spiro atoms. The predicted molar refractivity (Wildman–Crippen MR) is 129 cm³/mol. The van der Waals surface area contributed by atoms with Gasteiger partial charge in [0.15, 0.2) is 16.9 Å². The van der Waals surface area contributed by atoms with Gasteiger partial charge in [0.25, 0.3) is 5.91 Å². The minimum absolute atomic E-state index is 0.243. The van der Waals surface area contributed by atoms with Crippen molar-refractivity contribution in [3.8, 4) is 34.3 Å². The Morgan fingerprint density at radius 3 is 2.21 bits per heavy atom. The number of carbonyl (C=O) groups excluding carboxylic acids is 1. The third-order valence-electron chi connectivity index (χ3n) is 5.28. The molecule has 0 radical (unpaired) electrons. The van der Waals surface area contributed by atoms with Gasteiger partial charge in [0.1, 0.15) is 22.5 Å². The van der Waals surface area contributed by atoms with E-state index < -0.39 is 0 Å². The fourth-order valence-corrected chi connectivity index (χ4v) is 3.61. The van der Waals surface area contributed by atoms with Crippen molar-refractivity contribution in [3.63, 3.8) is 0 Å². The number of ether oxygens (including phenoxy) is 4. The normalized spacial score (nSPS) is 10.6. The number of amides is 1. The average Bonchev–Trinajstić information content (AvgIpc) is 2.87. The van der Waals surface area contributed by atoms with E-state index in [0.717, 1.165) is 0 Å². The number of fused-ring (bicyclic) bond motifs is 1. The summed E-state index contributed by atoms with van der Waals surface area (Å²) in [6.45, 7) is 0. The van der Waals surface area contributed by atoms with Crippen LogP contribution in [0, 0.1) is 0 Å². The van der Waals surface area contributed by atoms with Crippen LogP contribution in [0.4, 0.5) is 5.69 Å². The first-order valence-corrected chi connectivity index (χ1v) is 10.3. The highest BCUT2D eigenvalue weighted by Gasteiger charge is 2.20. The number of hydrogen-bond acceptors (Lipinski definition) is 7. The lowest BCUT2D eigenvalue weighted by molar-refractivity contribution is 0.102. The van der Waals surface area contributed by atoms with Gasteiger partial charge in [-0.05, 0) is 42.5 Å². The number of benzene rings is 3. The lowest BCUT2D eigenvalue weighted by Gasteiger charge is -2.14. The molecule has 8 heteroatoms. The molecule has 3 aromatic carbocycles. The molecule has 174 valence electrons. The Kier molecular flexibility index (Phi) is 6.40. The van der Waals surface area contributed by atoms with Gasteiger partial charge in [-0.1, -0.05) is 6.07 Å². The van der Waals surface area contributed by atoms with Crippen molar-refractivity contribution in [2.24, 2.45) is 0 Å². The lowest BCUT2D eigenvalue weighted by Crippen LogP contribution is -2.11. The van der Waals surface area contributed by atoms with E-state index in [1.54, 1.807) is 61.7 Å². The van der Waals surface area contributed by atoms with Crippen LogP contribution in [0.25, 0.3) is 22.3 Å². The summed E-state index contributed by atoms with van der Waals surface area (Å²) in [5.74, 6) is 1.62. The first-order chi connectivity index (χ1) is 16.5. The molecule has 0 atom stereocenters. The molecule has 1 amide bonds. The zero-order chi connectivity index (χ0) is 24.2. The second-order valence-electron chi connectivity index (χ2n) is 7.26. The van der Waals surface area contributed by atoms with Crippen LogP contribution >= 0.6 is 0 Å². The maximum absolute atomic E-state index is 12.9. The smallest absolute Gasteiger partial charge is 0.255 e. The summed E-state index contributed by atoms with van der Waals surface area (Å²) < 4.78 is 27.3. The molecule has 0 saturated heterocycles. The number of rotatable bonds is 7. The molecular formula is C26H23NO7. The van der Waals surface area contributed by atoms with E-state index in [4.69, 9.17) is 23.4 Å². The molecule has 0 bridgehead atoms. The second kappa shape index (κ2) is 9.58. The van der Waals surface area contributed by atoms with Crippen molar-refractivity contribution in [1.29, 1.82) is 0 Å². The quantitative estimate of drug-likeness (QED) is 0.424. The highest BCUT2D eigenvalue weighted by atomic mass is 16.5. The Morgan fingerprint density at radius 1 is 0.824 bits per heavy atom. The molecule has 0 saturated carbocycles. The number of nitrogens with one attached hydrogen (secondary N) is 1. The predicted octanol–water partition coefficient (Wildman–Crippen LogP) is 4.75. The molecule has 1 heterocycles. The fourth-order valence-electron chi connectivity index (χ4n) is 3.61. The summed E-state index contributed by atoms with van der Waals surface area (Å²) in [5, 5.41) is 3.09. The molecule has 0 aliphatic rings. The first-order valence-electron chi connectivity index (χ1n) is 10.3. The van der Waals surface area contributed by atoms with Gasteiger partial charge in [-0.25, -0.2) is 0 Å². The third kappa shape index (κ3) is 4.25. The van der Waals surface area contributed by atoms with Gasteiger partial charge in [0.05, 0.1) is 28.4 Å². The Labute approximate surface area is 195 Å². The zero-order valence-corrected chi connectivity index (χ0v) is 19.1. The van der Waals surface area contributed by atoms with E-state index in [0.29, 0.717) is 45.4 Å². The Morgan fingerprint density at radius 2 is 1.56 bits per heavy atom. The van der Waals surface area contributed by atoms with Crippen LogP contribution in [-0.2, 0) is 0 Å². The molecule has 0 fully saturated rings. The molecule has 8 nitrogen and oxygen atoms in total. The van der Waals surface area contributed by atoms with Crippen molar-refractivity contribution in [3.05, 3.63) is 76.5 Å². The number of anilines is 1. The Bertz CT molecular complexity index is 1410. The van der Waals surface area contributed by atoms with Crippen LogP contribution in [0.15, 0.2) is 69.9 Å². The minimum atomic E-state index is -0.288. The highest BCUT2D eigenvalue weighted by molar-refractivity contribution is 6.04. The summed E-state index contributed by atoms with van der Waals surface area (Å²) in [5.41, 5.74) is 1.74. The summed E-state index contributed by atoms with van der Waals surface area (Å²) >= 11 is 0.